The first kappa shape index (κ1) is 12.7. The van der Waals surface area contributed by atoms with Crippen molar-refractivity contribution in [2.45, 2.75) is 29.7 Å². The average molecular weight is 274 g/mol. The van der Waals surface area contributed by atoms with Crippen LogP contribution in [0.25, 0.3) is 0 Å². The molecule has 2 unspecified atom stereocenters. The maximum Gasteiger partial charge on any atom is 0.356 e. The largest absolute Gasteiger partial charge is 0.476 e. The molecule has 2 atom stereocenters. The monoisotopic (exact) mass is 273 g/mol. The molecule has 0 bridgehead atoms. The van der Waals surface area contributed by atoms with Gasteiger partial charge in [0.05, 0.1) is 16.2 Å². The van der Waals surface area contributed by atoms with Gasteiger partial charge < -0.3 is 9.84 Å². The number of carboxylic acid groups (broad SMARTS) is 1. The van der Waals surface area contributed by atoms with Gasteiger partial charge in [-0.2, -0.15) is 0 Å². The SMILES string of the molecule is CC1OCCC1Sc1ccc(Cl)c(C(=O)O)n1. The zero-order valence-electron chi connectivity index (χ0n) is 9.22. The van der Waals surface area contributed by atoms with Crippen molar-refractivity contribution in [3.63, 3.8) is 0 Å². The van der Waals surface area contributed by atoms with Gasteiger partial charge in [0.2, 0.25) is 0 Å². The Bertz CT molecular complexity index is 441. The lowest BCUT2D eigenvalue weighted by Crippen LogP contribution is -2.13. The molecule has 1 aliphatic rings. The number of thioether (sulfide) groups is 1. The van der Waals surface area contributed by atoms with Gasteiger partial charge in [-0.1, -0.05) is 11.6 Å². The summed E-state index contributed by atoms with van der Waals surface area (Å²) >= 11 is 7.30. The molecule has 2 heterocycles. The van der Waals surface area contributed by atoms with Gasteiger partial charge in [-0.05, 0) is 25.5 Å². The molecule has 4 nitrogen and oxygen atoms in total. The van der Waals surface area contributed by atoms with Gasteiger partial charge in [0.25, 0.3) is 0 Å². The maximum absolute atomic E-state index is 10.9. The van der Waals surface area contributed by atoms with E-state index in [0.717, 1.165) is 13.0 Å². The Morgan fingerprint density at radius 1 is 1.65 bits per heavy atom. The van der Waals surface area contributed by atoms with Gasteiger partial charge in [-0.15, -0.1) is 11.8 Å². The third-order valence-corrected chi connectivity index (χ3v) is 4.30. The van der Waals surface area contributed by atoms with Crippen LogP contribution < -0.4 is 0 Å². The van der Waals surface area contributed by atoms with Crippen LogP contribution in [-0.4, -0.2) is 34.0 Å². The van der Waals surface area contributed by atoms with E-state index in [1.54, 1.807) is 23.9 Å². The van der Waals surface area contributed by atoms with Gasteiger partial charge in [0, 0.05) is 11.9 Å². The van der Waals surface area contributed by atoms with Crippen LogP contribution in [0.2, 0.25) is 5.02 Å². The average Bonchev–Trinajstić information content (AvgIpc) is 2.67. The van der Waals surface area contributed by atoms with Gasteiger partial charge in [0.1, 0.15) is 0 Å². The molecule has 1 fully saturated rings. The smallest absolute Gasteiger partial charge is 0.356 e. The normalized spacial score (nSPS) is 23.9. The number of hydrogen-bond donors (Lipinski definition) is 1. The van der Waals surface area contributed by atoms with Gasteiger partial charge in [0.15, 0.2) is 5.69 Å². The second-order valence-corrected chi connectivity index (χ2v) is 5.47. The van der Waals surface area contributed by atoms with Crippen LogP contribution in [0.5, 0.6) is 0 Å². The summed E-state index contributed by atoms with van der Waals surface area (Å²) in [5.41, 5.74) is -0.0942. The number of aromatic carboxylic acids is 1. The molecule has 1 N–H and O–H groups in total. The van der Waals surface area contributed by atoms with Crippen LogP contribution in [0.3, 0.4) is 0 Å². The predicted molar refractivity (Wildman–Crippen MR) is 65.9 cm³/mol. The minimum Gasteiger partial charge on any atom is -0.476 e. The quantitative estimate of drug-likeness (QED) is 0.918. The summed E-state index contributed by atoms with van der Waals surface area (Å²) in [6.07, 6.45) is 1.13. The highest BCUT2D eigenvalue weighted by Crippen LogP contribution is 2.32. The number of pyridine rings is 1. The van der Waals surface area contributed by atoms with E-state index < -0.39 is 5.97 Å². The van der Waals surface area contributed by atoms with E-state index in [-0.39, 0.29) is 16.8 Å². The topological polar surface area (TPSA) is 59.4 Å². The number of rotatable bonds is 3. The van der Waals surface area contributed by atoms with Crippen molar-refractivity contribution >= 4 is 29.3 Å². The Labute approximate surface area is 108 Å². The third-order valence-electron chi connectivity index (χ3n) is 2.60. The summed E-state index contributed by atoms with van der Waals surface area (Å²) in [6.45, 7) is 2.76. The van der Waals surface area contributed by atoms with Crippen LogP contribution in [0, 0.1) is 0 Å². The van der Waals surface area contributed by atoms with Crippen molar-refractivity contribution in [3.05, 3.63) is 22.8 Å². The minimum absolute atomic E-state index is 0.0942. The highest BCUT2D eigenvalue weighted by molar-refractivity contribution is 7.99. The van der Waals surface area contributed by atoms with E-state index >= 15 is 0 Å². The Hall–Kier alpha value is -0.780. The molecule has 6 heteroatoms. The van der Waals surface area contributed by atoms with Crippen molar-refractivity contribution in [3.8, 4) is 0 Å². The van der Waals surface area contributed by atoms with Crippen molar-refractivity contribution < 1.29 is 14.6 Å². The third kappa shape index (κ3) is 2.91. The van der Waals surface area contributed by atoms with E-state index in [0.29, 0.717) is 10.3 Å². The molecular weight excluding hydrogens is 262 g/mol. The summed E-state index contributed by atoms with van der Waals surface area (Å²) in [7, 11) is 0. The minimum atomic E-state index is -1.10. The highest BCUT2D eigenvalue weighted by Gasteiger charge is 2.26. The molecule has 0 radical (unpaired) electrons. The van der Waals surface area contributed by atoms with Crippen molar-refractivity contribution in [2.75, 3.05) is 6.61 Å². The van der Waals surface area contributed by atoms with Gasteiger partial charge in [-0.3, -0.25) is 0 Å². The lowest BCUT2D eigenvalue weighted by atomic mass is 10.3. The van der Waals surface area contributed by atoms with E-state index in [4.69, 9.17) is 21.4 Å². The molecule has 0 aliphatic carbocycles. The van der Waals surface area contributed by atoms with E-state index in [1.165, 1.54) is 0 Å². The van der Waals surface area contributed by atoms with Gasteiger partial charge in [-0.25, -0.2) is 9.78 Å². The first-order valence-corrected chi connectivity index (χ1v) is 6.52. The predicted octanol–water partition coefficient (Wildman–Crippen LogP) is 2.70. The molecule has 92 valence electrons. The second-order valence-electron chi connectivity index (χ2n) is 3.81. The number of halogens is 1. The molecule has 1 aromatic heterocycles. The molecule has 0 aromatic carbocycles. The Morgan fingerprint density at radius 2 is 2.41 bits per heavy atom. The number of carboxylic acids is 1. The lowest BCUT2D eigenvalue weighted by molar-refractivity contribution is 0.0690. The Morgan fingerprint density at radius 3 is 3.00 bits per heavy atom. The molecule has 0 saturated carbocycles. The fourth-order valence-electron chi connectivity index (χ4n) is 1.66. The standard InChI is InChI=1S/C11H12ClNO3S/c1-6-8(4-5-16-6)17-9-3-2-7(12)10(13-9)11(14)15/h2-3,6,8H,4-5H2,1H3,(H,14,15). The number of hydrogen-bond acceptors (Lipinski definition) is 4. The van der Waals surface area contributed by atoms with E-state index in [1.807, 2.05) is 6.92 Å². The van der Waals surface area contributed by atoms with Crippen LogP contribution >= 0.6 is 23.4 Å². The van der Waals surface area contributed by atoms with Crippen LogP contribution in [0.4, 0.5) is 0 Å². The molecule has 17 heavy (non-hydrogen) atoms. The van der Waals surface area contributed by atoms with Crippen molar-refractivity contribution in [1.82, 2.24) is 4.98 Å². The number of aromatic nitrogens is 1. The molecule has 2 rings (SSSR count). The number of carbonyl (C=O) groups is 1. The van der Waals surface area contributed by atoms with E-state index in [9.17, 15) is 4.79 Å². The first-order valence-electron chi connectivity index (χ1n) is 5.26. The Balaban J connectivity index is 2.16. The fraction of sp³-hybridized carbons (Fsp3) is 0.455. The molecule has 1 aliphatic heterocycles. The number of ether oxygens (including phenoxy) is 1. The first-order chi connectivity index (χ1) is 8.08. The van der Waals surface area contributed by atoms with Crippen LogP contribution in [0.15, 0.2) is 17.2 Å². The zero-order valence-corrected chi connectivity index (χ0v) is 10.8. The highest BCUT2D eigenvalue weighted by atomic mass is 35.5. The summed E-state index contributed by atoms with van der Waals surface area (Å²) in [4.78, 5) is 14.9. The molecule has 1 saturated heterocycles. The summed E-state index contributed by atoms with van der Waals surface area (Å²) in [5, 5.41) is 10.1. The van der Waals surface area contributed by atoms with E-state index in [2.05, 4.69) is 4.98 Å². The number of nitrogens with zero attached hydrogens (tertiary/aromatic N) is 1. The van der Waals surface area contributed by atoms with Crippen molar-refractivity contribution in [1.29, 1.82) is 0 Å². The summed E-state index contributed by atoms with van der Waals surface area (Å²) in [5.74, 6) is -1.10. The Kier molecular flexibility index (Phi) is 3.91. The summed E-state index contributed by atoms with van der Waals surface area (Å²) < 4.78 is 5.45. The maximum atomic E-state index is 10.9. The van der Waals surface area contributed by atoms with Crippen LogP contribution in [0.1, 0.15) is 23.8 Å². The van der Waals surface area contributed by atoms with Crippen molar-refractivity contribution in [2.24, 2.45) is 0 Å². The van der Waals surface area contributed by atoms with Crippen LogP contribution in [-0.2, 0) is 4.74 Å². The zero-order chi connectivity index (χ0) is 12.4. The fourth-order valence-corrected chi connectivity index (χ4v) is 2.93. The molecular formula is C11H12ClNO3S. The summed E-state index contributed by atoms with van der Waals surface area (Å²) in [6, 6.07) is 3.31. The molecule has 1 aromatic rings. The van der Waals surface area contributed by atoms with Gasteiger partial charge >= 0.3 is 5.97 Å². The second kappa shape index (κ2) is 5.25. The molecule has 0 amide bonds. The lowest BCUT2D eigenvalue weighted by Gasteiger charge is -2.13. The molecule has 0 spiro atoms.